The van der Waals surface area contributed by atoms with Gasteiger partial charge in [0, 0.05) is 5.41 Å². The summed E-state index contributed by atoms with van der Waals surface area (Å²) in [5.74, 6) is -0.358. The Morgan fingerprint density at radius 3 is 1.71 bits per heavy atom. The molecule has 0 radical (unpaired) electrons. The van der Waals surface area contributed by atoms with E-state index in [1.165, 1.54) is 24.3 Å². The van der Waals surface area contributed by atoms with Crippen molar-refractivity contribution in [3.8, 4) is 0 Å². The lowest BCUT2D eigenvalue weighted by atomic mass is 10.4. The molecule has 0 aromatic heterocycles. The Hall–Kier alpha value is -1.92. The van der Waals surface area contributed by atoms with Gasteiger partial charge < -0.3 is 0 Å². The molecule has 0 aliphatic carbocycles. The van der Waals surface area contributed by atoms with Gasteiger partial charge in [0.1, 0.15) is 0 Å². The Kier molecular flexibility index (Phi) is 4.59. The van der Waals surface area contributed by atoms with Crippen LogP contribution in [0.15, 0.2) is 81.9 Å². The molecule has 21 heavy (non-hydrogen) atoms. The molecule has 0 fully saturated rings. The Morgan fingerprint density at radius 1 is 0.714 bits per heavy atom. The molecule has 0 heterocycles. The molecular formula is C15H14O4S2. The van der Waals surface area contributed by atoms with Crippen molar-refractivity contribution in [1.29, 1.82) is 0 Å². The summed E-state index contributed by atoms with van der Waals surface area (Å²) in [6.45, 7) is 0. The van der Waals surface area contributed by atoms with Gasteiger partial charge in [-0.05, 0) is 24.3 Å². The number of hydrogen-bond donors (Lipinski definition) is 0. The van der Waals surface area contributed by atoms with Crippen LogP contribution in [0.5, 0.6) is 0 Å². The van der Waals surface area contributed by atoms with E-state index in [9.17, 15) is 16.8 Å². The Balaban J connectivity index is 2.17. The van der Waals surface area contributed by atoms with Gasteiger partial charge in [-0.3, -0.25) is 0 Å². The maximum atomic E-state index is 12.0. The second kappa shape index (κ2) is 6.24. The molecule has 0 N–H and O–H groups in total. The number of rotatable bonds is 5. The van der Waals surface area contributed by atoms with Crippen molar-refractivity contribution in [3.63, 3.8) is 0 Å². The average molecular weight is 322 g/mol. The first-order valence-electron chi connectivity index (χ1n) is 6.16. The van der Waals surface area contributed by atoms with Crippen LogP contribution in [0.4, 0.5) is 0 Å². The first-order valence-corrected chi connectivity index (χ1v) is 9.36. The van der Waals surface area contributed by atoms with Crippen LogP contribution in [0.3, 0.4) is 0 Å². The lowest BCUT2D eigenvalue weighted by molar-refractivity contribution is 0.599. The Labute approximate surface area is 124 Å². The van der Waals surface area contributed by atoms with Gasteiger partial charge in [-0.2, -0.15) is 0 Å². The number of hydrogen-bond acceptors (Lipinski definition) is 4. The molecule has 4 nitrogen and oxygen atoms in total. The highest BCUT2D eigenvalue weighted by Gasteiger charge is 2.13. The summed E-state index contributed by atoms with van der Waals surface area (Å²) in [6, 6.07) is 15.8. The van der Waals surface area contributed by atoms with Crippen LogP contribution in [0.25, 0.3) is 0 Å². The zero-order valence-corrected chi connectivity index (χ0v) is 12.7. The minimum absolute atomic E-state index is 0.137. The summed E-state index contributed by atoms with van der Waals surface area (Å²) in [5.41, 5.74) is 0. The zero-order valence-electron chi connectivity index (χ0n) is 11.1. The molecule has 0 saturated heterocycles. The molecule has 0 unspecified atom stereocenters. The first kappa shape index (κ1) is 15.5. The van der Waals surface area contributed by atoms with E-state index < -0.39 is 19.7 Å². The quantitative estimate of drug-likeness (QED) is 0.848. The van der Waals surface area contributed by atoms with Crippen molar-refractivity contribution in [2.24, 2.45) is 0 Å². The van der Waals surface area contributed by atoms with Gasteiger partial charge in [-0.25, -0.2) is 16.8 Å². The molecule has 0 aliphatic heterocycles. The van der Waals surface area contributed by atoms with Gasteiger partial charge in [0.25, 0.3) is 0 Å². The van der Waals surface area contributed by atoms with E-state index >= 15 is 0 Å². The van der Waals surface area contributed by atoms with Crippen LogP contribution in [0.1, 0.15) is 0 Å². The van der Waals surface area contributed by atoms with Crippen LogP contribution in [0.2, 0.25) is 0 Å². The molecule has 6 heteroatoms. The second-order valence-corrected chi connectivity index (χ2v) is 8.19. The fraction of sp³-hybridized carbons (Fsp3) is 0.0667. The van der Waals surface area contributed by atoms with E-state index in [1.54, 1.807) is 36.4 Å². The smallest absolute Gasteiger partial charge is 0.199 e. The highest BCUT2D eigenvalue weighted by molar-refractivity contribution is 7.94. The van der Waals surface area contributed by atoms with Crippen molar-refractivity contribution in [2.75, 3.05) is 5.75 Å². The van der Waals surface area contributed by atoms with Gasteiger partial charge in [0.05, 0.1) is 15.5 Å². The van der Waals surface area contributed by atoms with Gasteiger partial charge in [-0.15, -0.1) is 0 Å². The minimum Gasteiger partial charge on any atom is -0.223 e. The normalized spacial score (nSPS) is 12.6. The van der Waals surface area contributed by atoms with Crippen LogP contribution < -0.4 is 0 Å². The summed E-state index contributed by atoms with van der Waals surface area (Å²) >= 11 is 0. The van der Waals surface area contributed by atoms with Crippen LogP contribution >= 0.6 is 0 Å². The first-order chi connectivity index (χ1) is 9.92. The molecule has 110 valence electrons. The third kappa shape index (κ3) is 4.03. The SMILES string of the molecule is O=S(=O)(C=CCS(=O)(=O)c1ccccc1)c1ccccc1. The van der Waals surface area contributed by atoms with Gasteiger partial charge in [-0.1, -0.05) is 42.5 Å². The van der Waals surface area contributed by atoms with E-state index in [0.717, 1.165) is 11.5 Å². The maximum absolute atomic E-state index is 12.0. The molecule has 2 aromatic carbocycles. The fourth-order valence-corrected chi connectivity index (χ4v) is 3.98. The monoisotopic (exact) mass is 322 g/mol. The lowest BCUT2D eigenvalue weighted by Crippen LogP contribution is -2.05. The summed E-state index contributed by atoms with van der Waals surface area (Å²) in [7, 11) is -7.13. The third-order valence-electron chi connectivity index (χ3n) is 2.77. The molecule has 2 aromatic rings. The third-order valence-corrected chi connectivity index (χ3v) is 5.87. The molecule has 0 aliphatic rings. The summed E-state index contributed by atoms with van der Waals surface area (Å²) in [5, 5.41) is 0.933. The maximum Gasteiger partial charge on any atom is 0.199 e. The molecule has 0 saturated carbocycles. The van der Waals surface area contributed by atoms with Crippen molar-refractivity contribution in [2.45, 2.75) is 9.79 Å². The van der Waals surface area contributed by atoms with Crippen molar-refractivity contribution < 1.29 is 16.8 Å². The second-order valence-electron chi connectivity index (χ2n) is 4.32. The molecule has 0 spiro atoms. The van der Waals surface area contributed by atoms with Gasteiger partial charge >= 0.3 is 0 Å². The van der Waals surface area contributed by atoms with Crippen LogP contribution in [0, 0.1) is 0 Å². The Bertz CT molecular complexity index is 822. The number of sulfone groups is 2. The van der Waals surface area contributed by atoms with Crippen molar-refractivity contribution in [1.82, 2.24) is 0 Å². The minimum atomic E-state index is -3.61. The molecule has 0 amide bonds. The molecular weight excluding hydrogens is 308 g/mol. The van der Waals surface area contributed by atoms with Crippen molar-refractivity contribution >= 4 is 19.7 Å². The molecule has 0 atom stereocenters. The molecule has 2 rings (SSSR count). The largest absolute Gasteiger partial charge is 0.223 e. The van der Waals surface area contributed by atoms with E-state index in [2.05, 4.69) is 0 Å². The highest BCUT2D eigenvalue weighted by Crippen LogP contribution is 2.13. The average Bonchev–Trinajstić information content (AvgIpc) is 2.49. The molecule has 0 bridgehead atoms. The standard InChI is InChI=1S/C15H14O4S2/c16-20(17,14-8-3-1-4-9-14)12-7-13-21(18,19)15-10-5-2-6-11-15/h1-12H,13H2. The predicted octanol–water partition coefficient (Wildman–Crippen LogP) is 2.45. The van der Waals surface area contributed by atoms with Crippen LogP contribution in [-0.4, -0.2) is 22.6 Å². The van der Waals surface area contributed by atoms with E-state index in [-0.39, 0.29) is 15.5 Å². The van der Waals surface area contributed by atoms with Gasteiger partial charge in [0.2, 0.25) is 0 Å². The van der Waals surface area contributed by atoms with E-state index in [0.29, 0.717) is 0 Å². The van der Waals surface area contributed by atoms with Crippen LogP contribution in [-0.2, 0) is 19.7 Å². The lowest BCUT2D eigenvalue weighted by Gasteiger charge is -2.01. The zero-order chi connectivity index (χ0) is 15.3. The fourth-order valence-electron chi connectivity index (χ4n) is 1.71. The Morgan fingerprint density at radius 2 is 1.19 bits per heavy atom. The highest BCUT2D eigenvalue weighted by atomic mass is 32.2. The predicted molar refractivity (Wildman–Crippen MR) is 81.3 cm³/mol. The topological polar surface area (TPSA) is 68.3 Å². The van der Waals surface area contributed by atoms with E-state index in [1.807, 2.05) is 0 Å². The van der Waals surface area contributed by atoms with E-state index in [4.69, 9.17) is 0 Å². The van der Waals surface area contributed by atoms with Gasteiger partial charge in [0.15, 0.2) is 19.7 Å². The summed E-state index contributed by atoms with van der Waals surface area (Å²) < 4.78 is 48.0. The van der Waals surface area contributed by atoms with Crippen molar-refractivity contribution in [3.05, 3.63) is 72.1 Å². The number of benzene rings is 2. The summed E-state index contributed by atoms with van der Waals surface area (Å²) in [4.78, 5) is 0.310. The summed E-state index contributed by atoms with van der Waals surface area (Å²) in [6.07, 6.45) is 1.16.